The Hall–Kier alpha value is -6.61. The van der Waals surface area contributed by atoms with Crippen molar-refractivity contribution in [2.24, 2.45) is 22.9 Å². The van der Waals surface area contributed by atoms with E-state index in [1.807, 2.05) is 42.5 Å². The van der Waals surface area contributed by atoms with E-state index in [1.54, 1.807) is 41.3 Å². The predicted molar refractivity (Wildman–Crippen MR) is 306 cm³/mol. The lowest BCUT2D eigenvalue weighted by molar-refractivity contribution is -0.384. The molecule has 1 fully saturated rings. The molecule has 0 spiro atoms. The number of fused-ring (bicyclic) bond motifs is 3. The molecule has 8 rings (SSSR count). The number of carbonyl (C=O) groups is 1. The first-order chi connectivity index (χ1) is 38.7. The standard InChI is InChI=1S/C65H80FN3O10/c1-3-5-6-7-8-9-10-11-12-21-40-75-64(72)68(44-50-27-22-26-48-23-13-15-28-54(48)50)61-43-59(67-78-45-47-31-33-52(34-32-47)69(73)74)56-41-49(24-17-19-37-70)55(29-18-20-38-71)62-57-42-53(76-46-51-25-14-16-30-58(51)66)35-36-60(57)79-65(61,63(56)62)77-39-4-2/h4,13-16,22-23,25-28,30-36,41-42,49,55,61-63,70-71H,2-3,5-12,17-21,24,29,37-40,43-46H2,1H3/t49-,55+,61-,62+,63+,65+/m0/s1. The number of oxime groups is 1. The fourth-order valence-corrected chi connectivity index (χ4v) is 12.2. The Morgan fingerprint density at radius 2 is 1.53 bits per heavy atom. The third kappa shape index (κ3) is 14.8. The lowest BCUT2D eigenvalue weighted by atomic mass is 9.55. The van der Waals surface area contributed by atoms with Gasteiger partial charge in [-0.15, -0.1) is 6.58 Å². The number of non-ortho nitro benzene ring substituents is 1. The van der Waals surface area contributed by atoms with Crippen LogP contribution in [0.25, 0.3) is 10.8 Å². The smallest absolute Gasteiger partial charge is 0.410 e. The van der Waals surface area contributed by atoms with Crippen LogP contribution in [0.5, 0.6) is 11.5 Å². The van der Waals surface area contributed by atoms with Crippen molar-refractivity contribution in [3.05, 3.63) is 172 Å². The van der Waals surface area contributed by atoms with Gasteiger partial charge in [0, 0.05) is 48.8 Å². The molecule has 1 aliphatic heterocycles. The van der Waals surface area contributed by atoms with Gasteiger partial charge in [-0.25, -0.2) is 9.18 Å². The van der Waals surface area contributed by atoms with Crippen LogP contribution >= 0.6 is 0 Å². The Morgan fingerprint density at radius 3 is 2.27 bits per heavy atom. The van der Waals surface area contributed by atoms with Crippen LogP contribution in [-0.4, -0.2) is 70.1 Å². The van der Waals surface area contributed by atoms with Crippen molar-refractivity contribution < 1.29 is 48.1 Å². The number of aliphatic hydroxyl groups is 2. The number of hydrogen-bond acceptors (Lipinski definition) is 11. The van der Waals surface area contributed by atoms with Crippen molar-refractivity contribution in [3.63, 3.8) is 0 Å². The lowest BCUT2D eigenvalue weighted by Crippen LogP contribution is -2.70. The number of amides is 1. The van der Waals surface area contributed by atoms with E-state index < -0.39 is 28.8 Å². The van der Waals surface area contributed by atoms with Gasteiger partial charge in [0.2, 0.25) is 5.79 Å². The summed E-state index contributed by atoms with van der Waals surface area (Å²) in [6, 6.07) is 31.7. The van der Waals surface area contributed by atoms with Gasteiger partial charge in [-0.2, -0.15) is 0 Å². The number of unbranched alkanes of at least 4 members (excludes halogenated alkanes) is 11. The van der Waals surface area contributed by atoms with E-state index in [4.69, 9.17) is 28.9 Å². The van der Waals surface area contributed by atoms with E-state index in [2.05, 4.69) is 37.8 Å². The van der Waals surface area contributed by atoms with Crippen molar-refractivity contribution in [1.29, 1.82) is 0 Å². The van der Waals surface area contributed by atoms with Crippen LogP contribution < -0.4 is 9.47 Å². The highest BCUT2D eigenvalue weighted by atomic mass is 19.1. The average Bonchev–Trinajstić information content (AvgIpc) is 2.61. The maximum absolute atomic E-state index is 15.5. The van der Waals surface area contributed by atoms with Crippen LogP contribution in [-0.2, 0) is 34.1 Å². The number of hydrogen-bond donors (Lipinski definition) is 2. The molecule has 0 bridgehead atoms. The normalized spacial score (nSPS) is 20.6. The molecular formula is C65H80FN3O10. The number of nitrogens with zero attached hydrogens (tertiary/aromatic N) is 3. The molecule has 3 aliphatic rings. The van der Waals surface area contributed by atoms with E-state index in [0.29, 0.717) is 47.6 Å². The number of halogens is 1. The van der Waals surface area contributed by atoms with E-state index in [-0.39, 0.29) is 81.9 Å². The summed E-state index contributed by atoms with van der Waals surface area (Å²) in [7, 11) is 0. The minimum absolute atomic E-state index is 0.00297. The quantitative estimate of drug-likeness (QED) is 0.0183. The molecule has 2 N–H and O–H groups in total. The van der Waals surface area contributed by atoms with Gasteiger partial charge in [-0.05, 0) is 108 Å². The van der Waals surface area contributed by atoms with Crippen molar-refractivity contribution in [3.8, 4) is 11.5 Å². The van der Waals surface area contributed by atoms with Crippen LogP contribution in [0.1, 0.15) is 144 Å². The maximum Gasteiger partial charge on any atom is 0.410 e. The molecule has 0 radical (unpaired) electrons. The van der Waals surface area contributed by atoms with Crippen molar-refractivity contribution in [1.82, 2.24) is 4.90 Å². The Kier molecular flexibility index (Phi) is 21.9. The van der Waals surface area contributed by atoms with Crippen LogP contribution in [0.15, 0.2) is 139 Å². The fourth-order valence-electron chi connectivity index (χ4n) is 12.2. The van der Waals surface area contributed by atoms with E-state index in [1.165, 1.54) is 56.7 Å². The first-order valence-electron chi connectivity index (χ1n) is 28.9. The SMILES string of the molecule is C=CCO[C@@]12Oc3ccc(OCc4ccccc4F)cc3[C@H]3[C@H](CCCCO)[C@@H](CCCCO)C=C(C(=NOCc4ccc([N+](=O)[O-])cc4)C[C@@H]1N(Cc1cccc4ccccc14)C(=O)OCCCCCCCCCCCC)[C@H]32. The molecule has 5 aromatic rings. The summed E-state index contributed by atoms with van der Waals surface area (Å²) in [6.07, 6.45) is 19.1. The van der Waals surface area contributed by atoms with Crippen molar-refractivity contribution in [2.45, 2.75) is 154 Å². The highest BCUT2D eigenvalue weighted by Crippen LogP contribution is 2.62. The average molecular weight is 1080 g/mol. The molecule has 0 unspecified atom stereocenters. The monoisotopic (exact) mass is 1080 g/mol. The highest BCUT2D eigenvalue weighted by Gasteiger charge is 2.66. The molecule has 0 saturated heterocycles. The zero-order chi connectivity index (χ0) is 55.4. The summed E-state index contributed by atoms with van der Waals surface area (Å²) in [4.78, 5) is 34.6. The van der Waals surface area contributed by atoms with Gasteiger partial charge in [0.15, 0.2) is 0 Å². The molecule has 6 atom stereocenters. The van der Waals surface area contributed by atoms with Gasteiger partial charge >= 0.3 is 6.09 Å². The molecule has 13 nitrogen and oxygen atoms in total. The molecule has 0 aromatic heterocycles. The number of benzene rings is 5. The molecule has 2 aliphatic carbocycles. The second kappa shape index (κ2) is 29.6. The topological polar surface area (TPSA) is 162 Å². The fraction of sp³-hybridized carbons (Fsp3) is 0.477. The summed E-state index contributed by atoms with van der Waals surface area (Å²) in [5, 5.41) is 38.8. The number of aliphatic hydroxyl groups excluding tert-OH is 2. The second-order valence-electron chi connectivity index (χ2n) is 21.4. The molecule has 1 heterocycles. The number of carbonyl (C=O) groups excluding carboxylic acids is 1. The summed E-state index contributed by atoms with van der Waals surface area (Å²) in [5.41, 5.74) is 4.25. The zero-order valence-corrected chi connectivity index (χ0v) is 46.0. The third-order valence-corrected chi connectivity index (χ3v) is 16.1. The number of nitro groups is 1. The summed E-state index contributed by atoms with van der Waals surface area (Å²) >= 11 is 0. The van der Waals surface area contributed by atoms with Crippen molar-refractivity contribution in [2.75, 3.05) is 26.4 Å². The molecule has 422 valence electrons. The van der Waals surface area contributed by atoms with E-state index in [9.17, 15) is 20.3 Å². The van der Waals surface area contributed by atoms with Crippen LogP contribution in [0, 0.1) is 33.7 Å². The molecule has 1 amide bonds. The Labute approximate surface area is 465 Å². The Balaban J connectivity index is 1.26. The zero-order valence-electron chi connectivity index (χ0n) is 46.0. The Morgan fingerprint density at radius 1 is 0.835 bits per heavy atom. The molecular weight excluding hydrogens is 1000 g/mol. The summed E-state index contributed by atoms with van der Waals surface area (Å²) in [5.74, 6) is -1.95. The van der Waals surface area contributed by atoms with Gasteiger partial charge in [-0.3, -0.25) is 15.0 Å². The van der Waals surface area contributed by atoms with Gasteiger partial charge in [0.05, 0.1) is 36.3 Å². The molecule has 14 heteroatoms. The predicted octanol–water partition coefficient (Wildman–Crippen LogP) is 14.9. The van der Waals surface area contributed by atoms with Crippen LogP contribution in [0.3, 0.4) is 0 Å². The molecule has 1 saturated carbocycles. The number of ether oxygens (including phenoxy) is 4. The van der Waals surface area contributed by atoms with Crippen LogP contribution in [0.4, 0.5) is 14.9 Å². The molecule has 79 heavy (non-hydrogen) atoms. The summed E-state index contributed by atoms with van der Waals surface area (Å²) < 4.78 is 42.6. The number of nitro benzene ring substituents is 1. The van der Waals surface area contributed by atoms with E-state index in [0.717, 1.165) is 72.4 Å². The Bertz CT molecular complexity index is 2830. The van der Waals surface area contributed by atoms with Gasteiger partial charge in [0.1, 0.15) is 36.6 Å². The van der Waals surface area contributed by atoms with Gasteiger partial charge in [-0.1, -0.05) is 156 Å². The first-order valence-corrected chi connectivity index (χ1v) is 28.9. The van der Waals surface area contributed by atoms with Crippen molar-refractivity contribution >= 4 is 28.3 Å². The molecule has 5 aromatic carbocycles. The highest BCUT2D eigenvalue weighted by molar-refractivity contribution is 6.03. The second-order valence-corrected chi connectivity index (χ2v) is 21.4. The number of allylic oxidation sites excluding steroid dienone is 1. The summed E-state index contributed by atoms with van der Waals surface area (Å²) in [6.45, 7) is 6.87. The minimum Gasteiger partial charge on any atom is -0.489 e. The van der Waals surface area contributed by atoms with Crippen LogP contribution in [0.2, 0.25) is 0 Å². The lowest BCUT2D eigenvalue weighted by Gasteiger charge is -2.60. The number of rotatable bonds is 32. The third-order valence-electron chi connectivity index (χ3n) is 16.1. The van der Waals surface area contributed by atoms with Gasteiger partial charge < -0.3 is 34.0 Å². The first kappa shape index (κ1) is 58.5. The van der Waals surface area contributed by atoms with E-state index >= 15 is 9.18 Å². The largest absolute Gasteiger partial charge is 0.489 e. The minimum atomic E-state index is -1.57. The van der Waals surface area contributed by atoms with Gasteiger partial charge in [0.25, 0.3) is 5.69 Å². The maximum atomic E-state index is 15.5.